The number of amides is 1. The highest BCUT2D eigenvalue weighted by atomic mass is 79.9. The van der Waals surface area contributed by atoms with Crippen LogP contribution < -0.4 is 16.0 Å². The smallest absolute Gasteiger partial charge is 0.251 e. The first-order valence-electron chi connectivity index (χ1n) is 8.11. The Hall–Kier alpha value is -1.61. The zero-order valence-electron chi connectivity index (χ0n) is 14.1. The van der Waals surface area contributed by atoms with Crippen molar-refractivity contribution in [2.75, 3.05) is 31.6 Å². The highest BCUT2D eigenvalue weighted by Gasteiger charge is 2.28. The fourth-order valence-electron chi connectivity index (χ4n) is 2.53. The minimum Gasteiger partial charge on any atom is -0.356 e. The van der Waals surface area contributed by atoms with Crippen LogP contribution in [0.3, 0.4) is 0 Å². The molecule has 1 fully saturated rings. The molecule has 1 aliphatic rings. The summed E-state index contributed by atoms with van der Waals surface area (Å²) in [6.45, 7) is 1.16. The quantitative estimate of drug-likeness (QED) is 0.354. The number of nitrogens with one attached hydrogen (secondary N) is 3. The standard InChI is InChI=1S/C16H23BrN4O3S/c1-18-16(21-14-6-9-25(23,24)11-14)20-8-3-7-19-15(22)12-4-2-5-13(17)10-12/h2,4-5,10,14H,3,6-9,11H2,1H3,(H,19,22)(H2,18,20,21). The highest BCUT2D eigenvalue weighted by Crippen LogP contribution is 2.12. The summed E-state index contributed by atoms with van der Waals surface area (Å²) in [6, 6.07) is 7.13. The van der Waals surface area contributed by atoms with Crippen molar-refractivity contribution in [2.24, 2.45) is 4.99 Å². The Bertz CT molecular complexity index is 737. The number of rotatable bonds is 6. The number of hydrogen-bond acceptors (Lipinski definition) is 4. The van der Waals surface area contributed by atoms with Crippen molar-refractivity contribution in [2.45, 2.75) is 18.9 Å². The summed E-state index contributed by atoms with van der Waals surface area (Å²) < 4.78 is 23.8. The van der Waals surface area contributed by atoms with Crippen LogP contribution in [0.5, 0.6) is 0 Å². The van der Waals surface area contributed by atoms with Crippen molar-refractivity contribution in [3.05, 3.63) is 34.3 Å². The van der Waals surface area contributed by atoms with Gasteiger partial charge in [-0.1, -0.05) is 22.0 Å². The van der Waals surface area contributed by atoms with Crippen LogP contribution in [-0.2, 0) is 9.84 Å². The van der Waals surface area contributed by atoms with Gasteiger partial charge in [-0.2, -0.15) is 0 Å². The molecular formula is C16H23BrN4O3S. The van der Waals surface area contributed by atoms with Gasteiger partial charge in [-0.3, -0.25) is 9.79 Å². The van der Waals surface area contributed by atoms with E-state index in [1.807, 2.05) is 12.1 Å². The van der Waals surface area contributed by atoms with Crippen LogP contribution in [0.15, 0.2) is 33.7 Å². The number of carbonyl (C=O) groups excluding carboxylic acids is 1. The first kappa shape index (κ1) is 19.7. The van der Waals surface area contributed by atoms with E-state index in [0.29, 0.717) is 31.0 Å². The third-order valence-corrected chi connectivity index (χ3v) is 6.08. The van der Waals surface area contributed by atoms with Crippen LogP contribution in [0.25, 0.3) is 0 Å². The summed E-state index contributed by atoms with van der Waals surface area (Å²) in [5, 5.41) is 9.11. The highest BCUT2D eigenvalue weighted by molar-refractivity contribution is 9.10. The second-order valence-corrected chi connectivity index (χ2v) is 9.01. The van der Waals surface area contributed by atoms with Crippen molar-refractivity contribution in [3.63, 3.8) is 0 Å². The van der Waals surface area contributed by atoms with Gasteiger partial charge in [0.15, 0.2) is 15.8 Å². The van der Waals surface area contributed by atoms with Gasteiger partial charge < -0.3 is 16.0 Å². The van der Waals surface area contributed by atoms with Crippen LogP contribution in [-0.4, -0.2) is 58.0 Å². The van der Waals surface area contributed by atoms with E-state index in [1.54, 1.807) is 19.2 Å². The summed E-state index contributed by atoms with van der Waals surface area (Å²) >= 11 is 3.34. The van der Waals surface area contributed by atoms with Crippen molar-refractivity contribution >= 4 is 37.6 Å². The zero-order chi connectivity index (χ0) is 18.3. The van der Waals surface area contributed by atoms with Gasteiger partial charge in [-0.05, 0) is 31.0 Å². The summed E-state index contributed by atoms with van der Waals surface area (Å²) in [5.74, 6) is 0.847. The molecule has 7 nitrogen and oxygen atoms in total. The van der Waals surface area contributed by atoms with Crippen LogP contribution >= 0.6 is 15.9 Å². The van der Waals surface area contributed by atoms with Gasteiger partial charge >= 0.3 is 0 Å². The molecule has 1 aliphatic heterocycles. The van der Waals surface area contributed by atoms with Crippen molar-refractivity contribution in [1.82, 2.24) is 16.0 Å². The first-order chi connectivity index (χ1) is 11.9. The normalized spacial score (nSPS) is 19.4. The third kappa shape index (κ3) is 6.66. The van der Waals surface area contributed by atoms with Crippen LogP contribution in [0.2, 0.25) is 0 Å². The number of hydrogen-bond donors (Lipinski definition) is 3. The second-order valence-electron chi connectivity index (χ2n) is 5.86. The summed E-state index contributed by atoms with van der Waals surface area (Å²) in [6.07, 6.45) is 1.33. The summed E-state index contributed by atoms with van der Waals surface area (Å²) in [5.41, 5.74) is 0.613. The molecule has 1 saturated heterocycles. The van der Waals surface area contributed by atoms with Crippen molar-refractivity contribution in [1.29, 1.82) is 0 Å². The lowest BCUT2D eigenvalue weighted by molar-refractivity contribution is 0.0953. The molecule has 1 aromatic carbocycles. The maximum atomic E-state index is 12.0. The molecule has 138 valence electrons. The van der Waals surface area contributed by atoms with Crippen molar-refractivity contribution < 1.29 is 13.2 Å². The molecule has 0 aliphatic carbocycles. The molecule has 0 saturated carbocycles. The molecule has 0 spiro atoms. The Morgan fingerprint density at radius 3 is 2.72 bits per heavy atom. The monoisotopic (exact) mass is 430 g/mol. The minimum absolute atomic E-state index is 0.0903. The number of nitrogens with zero attached hydrogens (tertiary/aromatic N) is 1. The molecule has 25 heavy (non-hydrogen) atoms. The first-order valence-corrected chi connectivity index (χ1v) is 10.7. The molecule has 1 unspecified atom stereocenters. The van der Waals surface area contributed by atoms with E-state index in [-0.39, 0.29) is 23.5 Å². The number of carbonyl (C=O) groups is 1. The zero-order valence-corrected chi connectivity index (χ0v) is 16.5. The Labute approximate surface area is 156 Å². The minimum atomic E-state index is -2.91. The van der Waals surface area contributed by atoms with Crippen LogP contribution in [0.1, 0.15) is 23.2 Å². The Balaban J connectivity index is 1.65. The average Bonchev–Trinajstić information content (AvgIpc) is 2.91. The predicted molar refractivity (Wildman–Crippen MR) is 103 cm³/mol. The molecular weight excluding hydrogens is 408 g/mol. The fourth-order valence-corrected chi connectivity index (χ4v) is 4.60. The van der Waals surface area contributed by atoms with E-state index in [2.05, 4.69) is 36.9 Å². The molecule has 0 bridgehead atoms. The summed E-state index contributed by atoms with van der Waals surface area (Å²) in [7, 11) is -1.27. The number of sulfone groups is 1. The van der Waals surface area contributed by atoms with Gasteiger partial charge in [0.2, 0.25) is 0 Å². The largest absolute Gasteiger partial charge is 0.356 e. The molecule has 1 atom stereocenters. The van der Waals surface area contributed by atoms with E-state index in [1.165, 1.54) is 0 Å². The topological polar surface area (TPSA) is 99.7 Å². The fraction of sp³-hybridized carbons (Fsp3) is 0.500. The van der Waals surface area contributed by atoms with E-state index >= 15 is 0 Å². The number of guanidine groups is 1. The van der Waals surface area contributed by atoms with Crippen LogP contribution in [0, 0.1) is 0 Å². The van der Waals surface area contributed by atoms with Crippen LogP contribution in [0.4, 0.5) is 0 Å². The summed E-state index contributed by atoms with van der Waals surface area (Å²) in [4.78, 5) is 16.1. The van der Waals surface area contributed by atoms with Gasteiger partial charge in [-0.25, -0.2) is 8.42 Å². The third-order valence-electron chi connectivity index (χ3n) is 3.82. The van der Waals surface area contributed by atoms with E-state index in [0.717, 1.165) is 10.9 Å². The number of aliphatic imine (C=N–C) groups is 1. The Morgan fingerprint density at radius 2 is 2.08 bits per heavy atom. The Kier molecular flexibility index (Phi) is 7.24. The number of halogens is 1. The van der Waals surface area contributed by atoms with Gasteiger partial charge in [-0.15, -0.1) is 0 Å². The average molecular weight is 431 g/mol. The lowest BCUT2D eigenvalue weighted by atomic mass is 10.2. The maximum Gasteiger partial charge on any atom is 0.251 e. The molecule has 1 amide bonds. The van der Waals surface area contributed by atoms with Gasteiger partial charge in [0.1, 0.15) is 0 Å². The molecule has 1 heterocycles. The van der Waals surface area contributed by atoms with E-state index < -0.39 is 9.84 Å². The molecule has 1 aromatic rings. The Morgan fingerprint density at radius 1 is 1.32 bits per heavy atom. The predicted octanol–water partition coefficient (Wildman–Crippen LogP) is 0.921. The molecule has 0 aromatic heterocycles. The van der Waals surface area contributed by atoms with E-state index in [9.17, 15) is 13.2 Å². The molecule has 2 rings (SSSR count). The van der Waals surface area contributed by atoms with Gasteiger partial charge in [0.05, 0.1) is 11.5 Å². The van der Waals surface area contributed by atoms with Gasteiger partial charge in [0.25, 0.3) is 5.91 Å². The molecule has 9 heteroatoms. The number of benzene rings is 1. The lowest BCUT2D eigenvalue weighted by Gasteiger charge is -2.16. The molecule has 0 radical (unpaired) electrons. The lowest BCUT2D eigenvalue weighted by Crippen LogP contribution is -2.44. The SMILES string of the molecule is CN=C(NCCCNC(=O)c1cccc(Br)c1)NC1CCS(=O)(=O)C1. The molecule has 3 N–H and O–H groups in total. The van der Waals surface area contributed by atoms with Gasteiger partial charge in [0, 0.05) is 36.2 Å². The maximum absolute atomic E-state index is 12.0. The second kappa shape index (κ2) is 9.19. The van der Waals surface area contributed by atoms with Crippen molar-refractivity contribution in [3.8, 4) is 0 Å². The van der Waals surface area contributed by atoms with E-state index in [4.69, 9.17) is 0 Å².